The first-order valence-corrected chi connectivity index (χ1v) is 7.04. The van der Waals surface area contributed by atoms with E-state index in [2.05, 4.69) is 15.9 Å². The van der Waals surface area contributed by atoms with Gasteiger partial charge in [0.1, 0.15) is 0 Å². The molecule has 3 amide bonds. The molecule has 0 radical (unpaired) electrons. The van der Waals surface area contributed by atoms with E-state index in [9.17, 15) is 19.2 Å². The monoisotopic (exact) mass is 368 g/mol. The molecule has 1 atom stereocenters. The van der Waals surface area contributed by atoms with E-state index in [0.29, 0.717) is 4.47 Å². The Kier molecular flexibility index (Phi) is 4.06. The predicted octanol–water partition coefficient (Wildman–Crippen LogP) is 0.347. The molecule has 0 saturated carbocycles. The van der Waals surface area contributed by atoms with Crippen molar-refractivity contribution >= 4 is 39.6 Å². The third kappa shape index (κ3) is 2.19. The number of esters is 1. The number of amides is 3. The fourth-order valence-corrected chi connectivity index (χ4v) is 2.97. The van der Waals surface area contributed by atoms with Gasteiger partial charge in [0, 0.05) is 17.1 Å². The fourth-order valence-electron chi connectivity index (χ4n) is 2.61. The van der Waals surface area contributed by atoms with Crippen LogP contribution in [0.4, 0.5) is 0 Å². The summed E-state index contributed by atoms with van der Waals surface area (Å²) in [6.45, 7) is 0. The number of hydrogen-bond donors (Lipinski definition) is 1. The molecule has 0 bridgehead atoms. The van der Waals surface area contributed by atoms with Gasteiger partial charge in [0.2, 0.25) is 5.91 Å². The molecule has 1 heterocycles. The number of carbonyl (C=O) groups is 4. The van der Waals surface area contributed by atoms with E-state index in [1.807, 2.05) is 0 Å². The molecular weight excluding hydrogens is 356 g/mol. The largest absolute Gasteiger partial charge is 0.468 e. The number of nitrogens with two attached hydrogens (primary N) is 1. The van der Waals surface area contributed by atoms with E-state index in [-0.39, 0.29) is 11.1 Å². The third-order valence-corrected chi connectivity index (χ3v) is 4.11. The standard InChI is InChI=1S/C14H13BrN2O5/c1-17-11(19)8-4-3-7(15)5-9(8)14(12(17)20,6-10(16)18)13(21)22-2/h3-5H,6H2,1-2H3,(H2,16,18). The Labute approximate surface area is 134 Å². The second kappa shape index (κ2) is 5.53. The number of fused-ring (bicyclic) bond motifs is 1. The Bertz CT molecular complexity index is 702. The number of hydrogen-bond acceptors (Lipinski definition) is 5. The van der Waals surface area contributed by atoms with Crippen molar-refractivity contribution in [2.75, 3.05) is 14.2 Å². The molecule has 1 aliphatic heterocycles. The van der Waals surface area contributed by atoms with Gasteiger partial charge in [-0.05, 0) is 23.8 Å². The van der Waals surface area contributed by atoms with Crippen LogP contribution in [0.15, 0.2) is 22.7 Å². The zero-order valence-electron chi connectivity index (χ0n) is 11.9. The molecule has 22 heavy (non-hydrogen) atoms. The predicted molar refractivity (Wildman–Crippen MR) is 78.7 cm³/mol. The van der Waals surface area contributed by atoms with E-state index in [1.165, 1.54) is 19.2 Å². The Morgan fingerprint density at radius 1 is 1.36 bits per heavy atom. The highest BCUT2D eigenvalue weighted by Gasteiger charge is 2.57. The summed E-state index contributed by atoms with van der Waals surface area (Å²) < 4.78 is 5.27. The van der Waals surface area contributed by atoms with Crippen molar-refractivity contribution in [3.05, 3.63) is 33.8 Å². The maximum Gasteiger partial charge on any atom is 0.326 e. The minimum absolute atomic E-state index is 0.112. The molecule has 0 fully saturated rings. The minimum atomic E-state index is -1.96. The summed E-state index contributed by atoms with van der Waals surface area (Å²) >= 11 is 3.23. The van der Waals surface area contributed by atoms with Crippen molar-refractivity contribution in [3.8, 4) is 0 Å². The van der Waals surface area contributed by atoms with Crippen LogP contribution in [0.5, 0.6) is 0 Å². The summed E-state index contributed by atoms with van der Waals surface area (Å²) in [5, 5.41) is 0. The van der Waals surface area contributed by atoms with Gasteiger partial charge in [-0.15, -0.1) is 0 Å². The highest BCUT2D eigenvalue weighted by Crippen LogP contribution is 2.39. The van der Waals surface area contributed by atoms with Gasteiger partial charge in [0.05, 0.1) is 13.5 Å². The van der Waals surface area contributed by atoms with Crippen LogP contribution < -0.4 is 5.73 Å². The summed E-state index contributed by atoms with van der Waals surface area (Å²) in [5.74, 6) is -3.19. The number of carbonyl (C=O) groups excluding carboxylic acids is 4. The lowest BCUT2D eigenvalue weighted by atomic mass is 9.71. The van der Waals surface area contributed by atoms with Crippen LogP contribution in [0, 0.1) is 0 Å². The number of nitrogens with zero attached hydrogens (tertiary/aromatic N) is 1. The van der Waals surface area contributed by atoms with Crippen molar-refractivity contribution in [1.29, 1.82) is 0 Å². The quantitative estimate of drug-likeness (QED) is 0.470. The van der Waals surface area contributed by atoms with E-state index in [0.717, 1.165) is 12.0 Å². The van der Waals surface area contributed by atoms with Gasteiger partial charge in [-0.2, -0.15) is 0 Å². The number of halogens is 1. The van der Waals surface area contributed by atoms with Crippen LogP contribution in [0.1, 0.15) is 22.3 Å². The summed E-state index contributed by atoms with van der Waals surface area (Å²) in [5.41, 5.74) is 3.53. The van der Waals surface area contributed by atoms with Crippen molar-refractivity contribution in [2.45, 2.75) is 11.8 Å². The molecule has 116 valence electrons. The first kappa shape index (κ1) is 16.2. The summed E-state index contributed by atoms with van der Waals surface area (Å²) in [4.78, 5) is 49.5. The van der Waals surface area contributed by atoms with Crippen LogP contribution in [-0.2, 0) is 24.5 Å². The van der Waals surface area contributed by atoms with Crippen LogP contribution in [0.2, 0.25) is 0 Å². The zero-order valence-corrected chi connectivity index (χ0v) is 13.5. The summed E-state index contributed by atoms with van der Waals surface area (Å²) in [7, 11) is 2.35. The van der Waals surface area contributed by atoms with Gasteiger partial charge in [-0.25, -0.2) is 0 Å². The maximum absolute atomic E-state index is 12.6. The Morgan fingerprint density at radius 2 is 2.00 bits per heavy atom. The Balaban J connectivity index is 2.85. The van der Waals surface area contributed by atoms with Gasteiger partial charge in [-0.1, -0.05) is 15.9 Å². The summed E-state index contributed by atoms with van der Waals surface area (Å²) in [6, 6.07) is 4.54. The van der Waals surface area contributed by atoms with Crippen LogP contribution in [-0.4, -0.2) is 42.7 Å². The average Bonchev–Trinajstić information content (AvgIpc) is 2.48. The molecule has 1 aromatic carbocycles. The molecule has 0 spiro atoms. The molecule has 0 aromatic heterocycles. The van der Waals surface area contributed by atoms with Gasteiger partial charge in [0.25, 0.3) is 11.8 Å². The fraction of sp³-hybridized carbons (Fsp3) is 0.286. The van der Waals surface area contributed by atoms with Crippen molar-refractivity contribution in [3.63, 3.8) is 0 Å². The van der Waals surface area contributed by atoms with Gasteiger partial charge < -0.3 is 10.5 Å². The molecule has 2 rings (SSSR count). The zero-order chi connectivity index (χ0) is 16.7. The molecule has 8 heteroatoms. The number of rotatable bonds is 3. The van der Waals surface area contributed by atoms with Gasteiger partial charge in [-0.3, -0.25) is 24.1 Å². The van der Waals surface area contributed by atoms with E-state index in [4.69, 9.17) is 10.5 Å². The molecular formula is C14H13BrN2O5. The lowest BCUT2D eigenvalue weighted by Gasteiger charge is -2.37. The number of methoxy groups -OCH3 is 1. The number of ether oxygens (including phenoxy) is 1. The van der Waals surface area contributed by atoms with Crippen LogP contribution >= 0.6 is 15.9 Å². The topological polar surface area (TPSA) is 107 Å². The van der Waals surface area contributed by atoms with Crippen molar-refractivity contribution in [1.82, 2.24) is 4.90 Å². The van der Waals surface area contributed by atoms with Gasteiger partial charge in [0.15, 0.2) is 5.41 Å². The normalized spacial score (nSPS) is 20.6. The maximum atomic E-state index is 12.6. The second-order valence-corrected chi connectivity index (χ2v) is 5.81. The molecule has 0 saturated heterocycles. The second-order valence-electron chi connectivity index (χ2n) is 4.90. The smallest absolute Gasteiger partial charge is 0.326 e. The van der Waals surface area contributed by atoms with E-state index < -0.39 is 35.5 Å². The Hall–Kier alpha value is -2.22. The number of likely N-dealkylation sites (N-methyl/N-ethyl adjacent to an activating group) is 1. The highest BCUT2D eigenvalue weighted by atomic mass is 79.9. The highest BCUT2D eigenvalue weighted by molar-refractivity contribution is 9.10. The number of primary amides is 1. The van der Waals surface area contributed by atoms with Gasteiger partial charge >= 0.3 is 5.97 Å². The Morgan fingerprint density at radius 3 is 2.55 bits per heavy atom. The molecule has 7 nitrogen and oxygen atoms in total. The number of benzene rings is 1. The van der Waals surface area contributed by atoms with Crippen LogP contribution in [0.3, 0.4) is 0 Å². The lowest BCUT2D eigenvalue weighted by molar-refractivity contribution is -0.157. The first-order valence-electron chi connectivity index (χ1n) is 6.25. The molecule has 1 aromatic rings. The lowest BCUT2D eigenvalue weighted by Crippen LogP contribution is -2.58. The van der Waals surface area contributed by atoms with Crippen molar-refractivity contribution < 1.29 is 23.9 Å². The van der Waals surface area contributed by atoms with Crippen molar-refractivity contribution in [2.24, 2.45) is 5.73 Å². The molecule has 2 N–H and O–H groups in total. The average molecular weight is 369 g/mol. The third-order valence-electron chi connectivity index (χ3n) is 3.62. The minimum Gasteiger partial charge on any atom is -0.468 e. The van der Waals surface area contributed by atoms with Crippen LogP contribution in [0.25, 0.3) is 0 Å². The molecule has 1 unspecified atom stereocenters. The molecule has 0 aliphatic carbocycles. The summed E-state index contributed by atoms with van der Waals surface area (Å²) in [6.07, 6.45) is -0.584. The molecule has 1 aliphatic rings. The number of imide groups is 1. The van der Waals surface area contributed by atoms with E-state index >= 15 is 0 Å². The SMILES string of the molecule is COC(=O)C1(CC(N)=O)C(=O)N(C)C(=O)c2ccc(Br)cc21. The first-order chi connectivity index (χ1) is 10.3. The van der Waals surface area contributed by atoms with E-state index in [1.54, 1.807) is 6.07 Å².